The van der Waals surface area contributed by atoms with E-state index in [1.165, 1.54) is 16.8 Å². The molecular weight excluding hydrogens is 298 g/mol. The SMILES string of the molecule is Cc1cc(C)n(CC2CCN(C(=O)c3ccc(C)c(C)c3)CC2)n1. The van der Waals surface area contributed by atoms with Gasteiger partial charge in [-0.3, -0.25) is 9.48 Å². The summed E-state index contributed by atoms with van der Waals surface area (Å²) < 4.78 is 2.11. The van der Waals surface area contributed by atoms with Gasteiger partial charge < -0.3 is 4.90 Å². The number of hydrogen-bond donors (Lipinski definition) is 0. The predicted molar refractivity (Wildman–Crippen MR) is 96.2 cm³/mol. The summed E-state index contributed by atoms with van der Waals surface area (Å²) in [7, 11) is 0. The van der Waals surface area contributed by atoms with Crippen LogP contribution < -0.4 is 0 Å². The molecule has 3 rings (SSSR count). The molecule has 4 heteroatoms. The van der Waals surface area contributed by atoms with Crippen molar-refractivity contribution in [1.29, 1.82) is 0 Å². The van der Waals surface area contributed by atoms with Crippen LogP contribution in [0.1, 0.15) is 45.7 Å². The van der Waals surface area contributed by atoms with Crippen LogP contribution in [0.25, 0.3) is 0 Å². The lowest BCUT2D eigenvalue weighted by Gasteiger charge is -2.32. The largest absolute Gasteiger partial charge is 0.339 e. The van der Waals surface area contributed by atoms with E-state index < -0.39 is 0 Å². The van der Waals surface area contributed by atoms with Crippen molar-refractivity contribution in [2.24, 2.45) is 5.92 Å². The molecule has 0 bridgehead atoms. The second kappa shape index (κ2) is 6.80. The zero-order chi connectivity index (χ0) is 17.3. The van der Waals surface area contributed by atoms with Gasteiger partial charge in [0, 0.05) is 30.9 Å². The maximum Gasteiger partial charge on any atom is 0.253 e. The van der Waals surface area contributed by atoms with Crippen LogP contribution in [0.5, 0.6) is 0 Å². The zero-order valence-corrected chi connectivity index (χ0v) is 15.2. The van der Waals surface area contributed by atoms with Crippen molar-refractivity contribution in [2.45, 2.75) is 47.1 Å². The maximum absolute atomic E-state index is 12.7. The summed E-state index contributed by atoms with van der Waals surface area (Å²) in [6, 6.07) is 8.13. The van der Waals surface area contributed by atoms with Gasteiger partial charge in [-0.05, 0) is 75.8 Å². The molecule has 0 atom stereocenters. The van der Waals surface area contributed by atoms with Crippen LogP contribution in [0.3, 0.4) is 0 Å². The van der Waals surface area contributed by atoms with Crippen molar-refractivity contribution in [2.75, 3.05) is 13.1 Å². The minimum absolute atomic E-state index is 0.169. The first-order valence-corrected chi connectivity index (χ1v) is 8.81. The first-order valence-electron chi connectivity index (χ1n) is 8.81. The fourth-order valence-corrected chi connectivity index (χ4v) is 3.48. The summed E-state index contributed by atoms with van der Waals surface area (Å²) in [5.74, 6) is 0.773. The number of hydrogen-bond acceptors (Lipinski definition) is 2. The minimum Gasteiger partial charge on any atom is -0.339 e. The van der Waals surface area contributed by atoms with E-state index in [0.717, 1.165) is 43.7 Å². The molecule has 0 saturated carbocycles. The molecule has 0 aliphatic carbocycles. The number of aryl methyl sites for hydroxylation is 4. The molecule has 4 nitrogen and oxygen atoms in total. The molecule has 0 radical (unpaired) electrons. The van der Waals surface area contributed by atoms with Gasteiger partial charge in [0.05, 0.1) is 5.69 Å². The molecule has 0 N–H and O–H groups in total. The third kappa shape index (κ3) is 3.53. The lowest BCUT2D eigenvalue weighted by Crippen LogP contribution is -2.39. The van der Waals surface area contributed by atoms with Crippen LogP contribution in [-0.2, 0) is 6.54 Å². The van der Waals surface area contributed by atoms with E-state index in [4.69, 9.17) is 0 Å². The van der Waals surface area contributed by atoms with Gasteiger partial charge in [0.25, 0.3) is 5.91 Å². The van der Waals surface area contributed by atoms with E-state index in [1.807, 2.05) is 30.0 Å². The second-order valence-corrected chi connectivity index (χ2v) is 7.14. The number of aromatic nitrogens is 2. The Kier molecular flexibility index (Phi) is 4.74. The fourth-order valence-electron chi connectivity index (χ4n) is 3.48. The lowest BCUT2D eigenvalue weighted by molar-refractivity contribution is 0.0681. The van der Waals surface area contributed by atoms with Gasteiger partial charge in [-0.1, -0.05) is 6.07 Å². The van der Waals surface area contributed by atoms with E-state index in [2.05, 4.69) is 36.6 Å². The number of carbonyl (C=O) groups is 1. The number of benzene rings is 1. The molecule has 1 aliphatic rings. The van der Waals surface area contributed by atoms with E-state index in [9.17, 15) is 4.79 Å². The molecular formula is C20H27N3O. The average molecular weight is 325 g/mol. The highest BCUT2D eigenvalue weighted by Crippen LogP contribution is 2.22. The van der Waals surface area contributed by atoms with Crippen molar-refractivity contribution in [1.82, 2.24) is 14.7 Å². The van der Waals surface area contributed by atoms with E-state index in [-0.39, 0.29) is 5.91 Å². The first kappa shape index (κ1) is 16.7. The normalized spacial score (nSPS) is 15.8. The van der Waals surface area contributed by atoms with Gasteiger partial charge in [-0.25, -0.2) is 0 Å². The molecule has 1 amide bonds. The Morgan fingerprint density at radius 1 is 1.08 bits per heavy atom. The summed E-state index contributed by atoms with van der Waals surface area (Å²) in [5, 5.41) is 4.56. The van der Waals surface area contributed by atoms with Crippen LogP contribution in [-0.4, -0.2) is 33.7 Å². The van der Waals surface area contributed by atoms with Crippen LogP contribution in [0.4, 0.5) is 0 Å². The van der Waals surface area contributed by atoms with Gasteiger partial charge in [-0.2, -0.15) is 5.10 Å². The summed E-state index contributed by atoms with van der Waals surface area (Å²) in [4.78, 5) is 14.7. The minimum atomic E-state index is 0.169. The lowest BCUT2D eigenvalue weighted by atomic mass is 9.96. The average Bonchev–Trinajstić information content (AvgIpc) is 2.87. The van der Waals surface area contributed by atoms with Crippen LogP contribution in [0.2, 0.25) is 0 Å². The molecule has 0 spiro atoms. The Hall–Kier alpha value is -2.10. The summed E-state index contributed by atoms with van der Waals surface area (Å²) >= 11 is 0. The third-order valence-electron chi connectivity index (χ3n) is 5.19. The highest BCUT2D eigenvalue weighted by atomic mass is 16.2. The summed E-state index contributed by atoms with van der Waals surface area (Å²) in [5.41, 5.74) is 5.53. The van der Waals surface area contributed by atoms with Gasteiger partial charge in [0.1, 0.15) is 0 Å². The molecule has 24 heavy (non-hydrogen) atoms. The Balaban J connectivity index is 1.59. The fraction of sp³-hybridized carbons (Fsp3) is 0.500. The van der Waals surface area contributed by atoms with E-state index in [0.29, 0.717) is 5.92 Å². The molecule has 1 aromatic carbocycles. The topological polar surface area (TPSA) is 38.1 Å². The Morgan fingerprint density at radius 3 is 2.38 bits per heavy atom. The highest BCUT2D eigenvalue weighted by molar-refractivity contribution is 5.94. The molecule has 1 aliphatic heterocycles. The van der Waals surface area contributed by atoms with Crippen molar-refractivity contribution < 1.29 is 4.79 Å². The Morgan fingerprint density at radius 2 is 1.79 bits per heavy atom. The number of piperidine rings is 1. The van der Waals surface area contributed by atoms with E-state index >= 15 is 0 Å². The molecule has 2 heterocycles. The Labute approximate surface area is 144 Å². The van der Waals surface area contributed by atoms with Crippen LogP contribution in [0, 0.1) is 33.6 Å². The number of likely N-dealkylation sites (tertiary alicyclic amines) is 1. The smallest absolute Gasteiger partial charge is 0.253 e. The number of amides is 1. The van der Waals surface area contributed by atoms with Crippen molar-refractivity contribution in [3.63, 3.8) is 0 Å². The standard InChI is InChI=1S/C20H27N3O/c1-14-5-6-19(11-15(14)2)20(24)22-9-7-18(8-10-22)13-23-17(4)12-16(3)21-23/h5-6,11-12,18H,7-10,13H2,1-4H3. The van der Waals surface area contributed by atoms with Crippen molar-refractivity contribution >= 4 is 5.91 Å². The monoisotopic (exact) mass is 325 g/mol. The summed E-state index contributed by atoms with van der Waals surface area (Å²) in [6.07, 6.45) is 2.10. The van der Waals surface area contributed by atoms with Gasteiger partial charge in [0.15, 0.2) is 0 Å². The van der Waals surface area contributed by atoms with Gasteiger partial charge in [-0.15, -0.1) is 0 Å². The quantitative estimate of drug-likeness (QED) is 0.863. The van der Waals surface area contributed by atoms with E-state index in [1.54, 1.807) is 0 Å². The molecule has 128 valence electrons. The third-order valence-corrected chi connectivity index (χ3v) is 5.19. The predicted octanol–water partition coefficient (Wildman–Crippen LogP) is 3.67. The highest BCUT2D eigenvalue weighted by Gasteiger charge is 2.24. The molecule has 0 unspecified atom stereocenters. The zero-order valence-electron chi connectivity index (χ0n) is 15.2. The van der Waals surface area contributed by atoms with Crippen molar-refractivity contribution in [3.05, 3.63) is 52.3 Å². The number of nitrogens with zero attached hydrogens (tertiary/aromatic N) is 3. The second-order valence-electron chi connectivity index (χ2n) is 7.14. The maximum atomic E-state index is 12.7. The van der Waals surface area contributed by atoms with Gasteiger partial charge in [0.2, 0.25) is 0 Å². The van der Waals surface area contributed by atoms with Crippen molar-refractivity contribution in [3.8, 4) is 0 Å². The van der Waals surface area contributed by atoms with Crippen LogP contribution >= 0.6 is 0 Å². The molecule has 1 aromatic heterocycles. The summed E-state index contributed by atoms with van der Waals surface area (Å²) in [6.45, 7) is 10.9. The van der Waals surface area contributed by atoms with Crippen LogP contribution in [0.15, 0.2) is 24.3 Å². The number of rotatable bonds is 3. The molecule has 2 aromatic rings. The number of carbonyl (C=O) groups excluding carboxylic acids is 1. The van der Waals surface area contributed by atoms with Gasteiger partial charge >= 0.3 is 0 Å². The molecule has 1 fully saturated rings. The molecule has 1 saturated heterocycles. The first-order chi connectivity index (χ1) is 11.4. The Bertz CT molecular complexity index is 739.